The number of hydrogen-bond donors (Lipinski definition) is 0. The van der Waals surface area contributed by atoms with Gasteiger partial charge in [0, 0.05) is 32.3 Å². The summed E-state index contributed by atoms with van der Waals surface area (Å²) in [6, 6.07) is 83.0. The van der Waals surface area contributed by atoms with Gasteiger partial charge in [0.15, 0.2) is 0 Å². The van der Waals surface area contributed by atoms with Crippen molar-refractivity contribution in [2.45, 2.75) is 0 Å². The Bertz CT molecular complexity index is 9680. The molecule has 0 aliphatic rings. The van der Waals surface area contributed by atoms with E-state index in [1.807, 2.05) is 249 Å². The van der Waals surface area contributed by atoms with Gasteiger partial charge in [0.25, 0.3) is 0 Å². The predicted octanol–water partition coefficient (Wildman–Crippen LogP) is 33.3. The Morgan fingerprint density at radius 3 is 0.697 bits per heavy atom. The SMILES string of the molecule is [2H]c1c([2H])c([2H])c2c(-c3ccc4oc5ccccc5c4c3)c3c([2H])c([2H])c([2H])c([2H])c3c(-c3ccc4cc(-c5ccccc5)ccc4c3)c2c1[2H].[2H]c1c([2H])c([2H])c2c(-c3ccc4oc5ccccc5c4c3)c3c([2H])c([2H])c([2H])c([2H])c3c(-c3ccc4ccccc4c3)c2c1[2H].[2H]c1c([2H])c([2H])c2c(-c3ccc4oc5ccccc5c4c3)c3c([2H])c([2H])c([2H])c([2H])c3c(-c3cccc(-c4ccccc4)c3)c2c1[2H]. The van der Waals surface area contributed by atoms with Crippen LogP contribution in [0.2, 0.25) is 0 Å². The topological polar surface area (TPSA) is 39.4 Å². The van der Waals surface area contributed by atoms with Crippen molar-refractivity contribution >= 4 is 152 Å². The number of hydrogen-bond acceptors (Lipinski definition) is 3. The van der Waals surface area contributed by atoms with Crippen LogP contribution in [0, 0.1) is 0 Å². The number of fused-ring (bicyclic) bond motifs is 17. The number of rotatable bonds is 8. The first-order chi connectivity index (χ1) is 69.0. The highest BCUT2D eigenvalue weighted by atomic mass is 16.3. The zero-order valence-corrected chi connectivity index (χ0v) is 62.9. The van der Waals surface area contributed by atoms with Gasteiger partial charge in [-0.3, -0.25) is 0 Å². The van der Waals surface area contributed by atoms with Crippen LogP contribution in [0.15, 0.2) is 449 Å². The second-order valence-electron chi connectivity index (χ2n) is 29.3. The molecule has 0 unspecified atom stereocenters. The lowest BCUT2D eigenvalue weighted by atomic mass is 9.85. The summed E-state index contributed by atoms with van der Waals surface area (Å²) in [7, 11) is 0. The van der Waals surface area contributed by atoms with Crippen LogP contribution in [-0.2, 0) is 0 Å². The summed E-state index contributed by atoms with van der Waals surface area (Å²) < 4.78 is 233. The molecule has 25 rings (SSSR count). The molecule has 0 saturated heterocycles. The van der Waals surface area contributed by atoms with Crippen LogP contribution >= 0.6 is 0 Å². The summed E-state index contributed by atoms with van der Waals surface area (Å²) in [6.45, 7) is 0. The molecule has 0 atom stereocenters. The van der Waals surface area contributed by atoms with Crippen molar-refractivity contribution in [2.24, 2.45) is 0 Å². The lowest BCUT2D eigenvalue weighted by Crippen LogP contribution is -1.91. The van der Waals surface area contributed by atoms with E-state index in [9.17, 15) is 11.0 Å². The molecule has 0 spiro atoms. The van der Waals surface area contributed by atoms with Gasteiger partial charge in [-0.2, -0.15) is 0 Å². The molecule has 0 bridgehead atoms. The molecule has 0 amide bonds. The van der Waals surface area contributed by atoms with Crippen LogP contribution in [-0.4, -0.2) is 0 Å². The van der Waals surface area contributed by atoms with Gasteiger partial charge in [-0.05, 0) is 254 Å². The minimum Gasteiger partial charge on any atom is -0.456 e. The first-order valence-electron chi connectivity index (χ1n) is 50.9. The highest BCUT2D eigenvalue weighted by molar-refractivity contribution is 6.26. The van der Waals surface area contributed by atoms with Gasteiger partial charge in [0.2, 0.25) is 0 Å². The minimum absolute atomic E-state index is 0.181. The van der Waals surface area contributed by atoms with Crippen LogP contribution in [0.4, 0.5) is 0 Å². The summed E-state index contributed by atoms with van der Waals surface area (Å²) >= 11 is 0. The zero-order chi connectivity index (χ0) is 99.3. The molecular weight excluding hydrogens is 1440 g/mol. The van der Waals surface area contributed by atoms with Crippen molar-refractivity contribution in [3.05, 3.63) is 436 Å². The van der Waals surface area contributed by atoms with Crippen LogP contribution in [0.1, 0.15) is 32.9 Å². The lowest BCUT2D eigenvalue weighted by molar-refractivity contribution is 0.668. The number of benzene rings is 22. The molecule has 0 aliphatic heterocycles. The maximum atomic E-state index is 9.27. The van der Waals surface area contributed by atoms with Gasteiger partial charge in [-0.25, -0.2) is 0 Å². The quantitative estimate of drug-likeness (QED) is 0.142. The summed E-state index contributed by atoms with van der Waals surface area (Å²) in [6.07, 6.45) is 0. The Hall–Kier alpha value is -15.7. The predicted molar refractivity (Wildman–Crippen MR) is 505 cm³/mol. The van der Waals surface area contributed by atoms with Gasteiger partial charge in [0.1, 0.15) is 33.5 Å². The van der Waals surface area contributed by atoms with Crippen molar-refractivity contribution in [3.8, 4) is 89.0 Å². The maximum Gasteiger partial charge on any atom is 0.135 e. The highest BCUT2D eigenvalue weighted by Crippen LogP contribution is 2.50. The van der Waals surface area contributed by atoms with Crippen LogP contribution < -0.4 is 0 Å². The molecular formula is C116H72O3. The van der Waals surface area contributed by atoms with Crippen molar-refractivity contribution < 1.29 is 46.1 Å². The van der Waals surface area contributed by atoms with Crippen LogP contribution in [0.5, 0.6) is 0 Å². The molecule has 0 saturated carbocycles. The first-order valence-corrected chi connectivity index (χ1v) is 38.9. The van der Waals surface area contributed by atoms with E-state index in [2.05, 4.69) is 6.07 Å². The zero-order valence-electron chi connectivity index (χ0n) is 86.9. The van der Waals surface area contributed by atoms with Gasteiger partial charge in [-0.15, -0.1) is 0 Å². The standard InChI is InChI=1S/C42H26O.C38H24O.C36H22O/c1-2-10-27(11-3-1)28-18-19-30-25-31(21-20-29(30)24-28)41-34-13-4-6-15-36(34)42(37-16-7-5-14-35(37)41)32-22-23-40-38(26-32)33-12-8-9-17-39(33)43-40;1-2-11-25(12-3-1)26-13-10-14-27(23-26)37-30-16-4-6-18-32(30)38(33-19-7-5-17-31(33)37)28-21-22-36-34(24-28)29-15-8-9-20-35(29)39-36;1-2-10-24-21-25(18-17-23(24)9-1)35-28-12-3-5-14-30(28)36(31-15-6-4-13-29(31)35)26-19-20-34-32(22-26)27-11-7-8-16-33(27)37-34/h1-26H;1-24H;1-22H/i4D,5D,6D,7D,13D,14D,15D,16D;4D,5D,6D,7D,16D,17D,18D,19D;3D,4D,5D,6D,12D,13D,14D,15D. The monoisotopic (exact) mass is 1540 g/mol. The number of para-hydroxylation sites is 3. The fourth-order valence-corrected chi connectivity index (χ4v) is 17.3. The van der Waals surface area contributed by atoms with E-state index in [1.54, 1.807) is 36.4 Å². The highest BCUT2D eigenvalue weighted by Gasteiger charge is 2.23. The maximum absolute atomic E-state index is 9.27. The van der Waals surface area contributed by atoms with E-state index < -0.39 is 72.5 Å². The van der Waals surface area contributed by atoms with Gasteiger partial charge in [0.05, 0.1) is 32.9 Å². The first kappa shape index (κ1) is 48.5. The average molecular weight is 1540 g/mol. The molecule has 3 heterocycles. The Kier molecular flexibility index (Phi) is 11.7. The molecule has 0 radical (unpaired) electrons. The van der Waals surface area contributed by atoms with Crippen molar-refractivity contribution in [3.63, 3.8) is 0 Å². The Morgan fingerprint density at radius 1 is 0.134 bits per heavy atom. The lowest BCUT2D eigenvalue weighted by Gasteiger charge is -2.18. The molecule has 0 fully saturated rings. The van der Waals surface area contributed by atoms with Crippen molar-refractivity contribution in [1.82, 2.24) is 0 Å². The van der Waals surface area contributed by atoms with Gasteiger partial charge in [-0.1, -0.05) is 357 Å². The summed E-state index contributed by atoms with van der Waals surface area (Å²) in [5, 5.41) is 10.8. The molecule has 3 nitrogen and oxygen atoms in total. The fourth-order valence-electron chi connectivity index (χ4n) is 17.3. The molecule has 0 N–H and O–H groups in total. The van der Waals surface area contributed by atoms with E-state index in [4.69, 9.17) is 35.2 Å². The molecule has 0 aliphatic carbocycles. The van der Waals surface area contributed by atoms with Gasteiger partial charge >= 0.3 is 0 Å². The van der Waals surface area contributed by atoms with Crippen LogP contribution in [0.25, 0.3) is 241 Å². The summed E-state index contributed by atoms with van der Waals surface area (Å²) in [5.74, 6) is 0. The molecule has 3 heteroatoms. The fraction of sp³-hybridized carbons (Fsp3) is 0. The largest absolute Gasteiger partial charge is 0.456 e. The summed E-state index contributed by atoms with van der Waals surface area (Å²) in [4.78, 5) is 0. The van der Waals surface area contributed by atoms with Crippen molar-refractivity contribution in [1.29, 1.82) is 0 Å². The van der Waals surface area contributed by atoms with E-state index in [-0.39, 0.29) is 137 Å². The molecule has 554 valence electrons. The third-order valence-electron chi connectivity index (χ3n) is 22.7. The molecule has 3 aromatic heterocycles. The smallest absolute Gasteiger partial charge is 0.135 e. The third-order valence-corrected chi connectivity index (χ3v) is 22.7. The second kappa shape index (κ2) is 28.7. The average Bonchev–Trinajstić information content (AvgIpc) is 1.19. The normalized spacial score (nSPS) is 14.5. The Labute approximate surface area is 720 Å². The minimum atomic E-state index is -0.429. The van der Waals surface area contributed by atoms with Crippen LogP contribution in [0.3, 0.4) is 0 Å². The molecule has 25 aromatic rings. The molecule has 119 heavy (non-hydrogen) atoms. The Morgan fingerprint density at radius 2 is 0.353 bits per heavy atom. The molecule has 22 aromatic carbocycles. The van der Waals surface area contributed by atoms with E-state index in [1.165, 1.54) is 0 Å². The van der Waals surface area contributed by atoms with Gasteiger partial charge < -0.3 is 13.3 Å². The number of furan rings is 3. The van der Waals surface area contributed by atoms with E-state index in [0.717, 1.165) is 76.1 Å². The second-order valence-corrected chi connectivity index (χ2v) is 29.3. The van der Waals surface area contributed by atoms with Crippen molar-refractivity contribution in [2.75, 3.05) is 0 Å². The van der Waals surface area contributed by atoms with E-state index in [0.29, 0.717) is 100 Å². The van der Waals surface area contributed by atoms with E-state index >= 15 is 0 Å². The third kappa shape index (κ3) is 11.9. The summed E-state index contributed by atoms with van der Waals surface area (Å²) in [5.41, 5.74) is 13.1. The Balaban J connectivity index is 0.000000119.